The smallest absolute Gasteiger partial charge is 0.0746 e. The SMILES string of the molecule is CC(N)(c1cccc(Cl)c1)c1sccc1Cl. The largest absolute Gasteiger partial charge is 0.317 e. The molecule has 2 N–H and O–H groups in total. The summed E-state index contributed by atoms with van der Waals surface area (Å²) in [5.41, 5.74) is 6.70. The van der Waals surface area contributed by atoms with E-state index in [4.69, 9.17) is 28.9 Å². The Kier molecular flexibility index (Phi) is 3.27. The molecule has 2 rings (SSSR count). The molecule has 0 saturated heterocycles. The van der Waals surface area contributed by atoms with Gasteiger partial charge in [0.2, 0.25) is 0 Å². The second-order valence-electron chi connectivity index (χ2n) is 3.81. The van der Waals surface area contributed by atoms with Crippen LogP contribution in [0.5, 0.6) is 0 Å². The second kappa shape index (κ2) is 4.38. The Morgan fingerprint density at radius 2 is 2.00 bits per heavy atom. The van der Waals surface area contributed by atoms with Crippen molar-refractivity contribution in [1.82, 2.24) is 0 Å². The van der Waals surface area contributed by atoms with E-state index < -0.39 is 5.54 Å². The Hall–Kier alpha value is -0.540. The van der Waals surface area contributed by atoms with Crippen molar-refractivity contribution < 1.29 is 0 Å². The highest BCUT2D eigenvalue weighted by molar-refractivity contribution is 7.10. The molecule has 1 atom stereocenters. The Morgan fingerprint density at radius 3 is 2.56 bits per heavy atom. The fourth-order valence-corrected chi connectivity index (χ4v) is 3.15. The van der Waals surface area contributed by atoms with Crippen LogP contribution in [0.25, 0.3) is 0 Å². The lowest BCUT2D eigenvalue weighted by Crippen LogP contribution is -2.33. The molecule has 84 valence electrons. The molecule has 1 heterocycles. The number of halogens is 2. The monoisotopic (exact) mass is 271 g/mol. The van der Waals surface area contributed by atoms with Crippen LogP contribution in [0.2, 0.25) is 10.0 Å². The van der Waals surface area contributed by atoms with Crippen LogP contribution in [0.1, 0.15) is 17.4 Å². The van der Waals surface area contributed by atoms with E-state index in [0.717, 1.165) is 10.4 Å². The number of thiophene rings is 1. The normalized spacial score (nSPS) is 14.8. The summed E-state index contributed by atoms with van der Waals surface area (Å²) in [5, 5.41) is 3.32. The summed E-state index contributed by atoms with van der Waals surface area (Å²) in [7, 11) is 0. The zero-order valence-corrected chi connectivity index (χ0v) is 11.0. The first-order chi connectivity index (χ1) is 7.51. The van der Waals surface area contributed by atoms with Crippen molar-refractivity contribution in [2.45, 2.75) is 12.5 Å². The molecule has 0 aliphatic carbocycles. The quantitative estimate of drug-likeness (QED) is 0.867. The van der Waals surface area contributed by atoms with Gasteiger partial charge in [-0.2, -0.15) is 0 Å². The van der Waals surface area contributed by atoms with Gasteiger partial charge in [-0.1, -0.05) is 35.3 Å². The van der Waals surface area contributed by atoms with Crippen LogP contribution in [-0.4, -0.2) is 0 Å². The van der Waals surface area contributed by atoms with E-state index in [-0.39, 0.29) is 0 Å². The van der Waals surface area contributed by atoms with Gasteiger partial charge in [0, 0.05) is 9.90 Å². The van der Waals surface area contributed by atoms with E-state index >= 15 is 0 Å². The molecule has 1 aromatic heterocycles. The molecule has 1 aromatic carbocycles. The molecule has 0 aliphatic rings. The van der Waals surface area contributed by atoms with Crippen molar-refractivity contribution in [2.24, 2.45) is 5.73 Å². The topological polar surface area (TPSA) is 26.0 Å². The Labute approximate surface area is 109 Å². The standard InChI is InChI=1S/C12H11Cl2NS/c1-12(15,11-10(14)5-6-16-11)8-3-2-4-9(13)7-8/h2-7H,15H2,1H3. The zero-order chi connectivity index (χ0) is 11.8. The summed E-state index contributed by atoms with van der Waals surface area (Å²) in [6, 6.07) is 9.41. The predicted octanol–water partition coefficient (Wildman–Crippen LogP) is 4.28. The van der Waals surface area contributed by atoms with E-state index in [0.29, 0.717) is 10.0 Å². The van der Waals surface area contributed by atoms with Gasteiger partial charge in [0.25, 0.3) is 0 Å². The first-order valence-electron chi connectivity index (χ1n) is 4.80. The van der Waals surface area contributed by atoms with Crippen LogP contribution in [0.3, 0.4) is 0 Å². The summed E-state index contributed by atoms with van der Waals surface area (Å²) < 4.78 is 0. The van der Waals surface area contributed by atoms with Gasteiger partial charge >= 0.3 is 0 Å². The molecule has 0 radical (unpaired) electrons. The van der Waals surface area contributed by atoms with E-state index in [9.17, 15) is 0 Å². The molecule has 1 nitrogen and oxygen atoms in total. The molecule has 0 saturated carbocycles. The van der Waals surface area contributed by atoms with Crippen molar-refractivity contribution in [1.29, 1.82) is 0 Å². The van der Waals surface area contributed by atoms with Crippen molar-refractivity contribution in [3.05, 3.63) is 56.2 Å². The molecular weight excluding hydrogens is 261 g/mol. The van der Waals surface area contributed by atoms with E-state index in [1.54, 1.807) is 11.3 Å². The lowest BCUT2D eigenvalue weighted by molar-refractivity contribution is 0.617. The number of hydrogen-bond donors (Lipinski definition) is 1. The average Bonchev–Trinajstić information content (AvgIpc) is 2.65. The first-order valence-corrected chi connectivity index (χ1v) is 6.44. The maximum absolute atomic E-state index is 6.34. The molecule has 0 amide bonds. The van der Waals surface area contributed by atoms with Gasteiger partial charge in [-0.15, -0.1) is 11.3 Å². The van der Waals surface area contributed by atoms with E-state index in [2.05, 4.69) is 0 Å². The van der Waals surface area contributed by atoms with Gasteiger partial charge in [0.1, 0.15) is 0 Å². The number of hydrogen-bond acceptors (Lipinski definition) is 2. The van der Waals surface area contributed by atoms with Gasteiger partial charge < -0.3 is 5.73 Å². The van der Waals surface area contributed by atoms with Crippen LogP contribution in [-0.2, 0) is 5.54 Å². The Balaban J connectivity index is 2.51. The van der Waals surface area contributed by atoms with Gasteiger partial charge in [0.05, 0.1) is 10.6 Å². The fraction of sp³-hybridized carbons (Fsp3) is 0.167. The van der Waals surface area contributed by atoms with Crippen molar-refractivity contribution in [3.8, 4) is 0 Å². The molecule has 0 bridgehead atoms. The lowest BCUT2D eigenvalue weighted by Gasteiger charge is -2.24. The molecule has 2 aromatic rings. The van der Waals surface area contributed by atoms with Crippen molar-refractivity contribution in [2.75, 3.05) is 0 Å². The first kappa shape index (κ1) is 11.9. The molecular formula is C12H11Cl2NS. The molecule has 4 heteroatoms. The summed E-state index contributed by atoms with van der Waals surface area (Å²) in [5.74, 6) is 0. The summed E-state index contributed by atoms with van der Waals surface area (Å²) in [6.45, 7) is 1.94. The highest BCUT2D eigenvalue weighted by atomic mass is 35.5. The summed E-state index contributed by atoms with van der Waals surface area (Å²) in [4.78, 5) is 0.955. The Bertz CT molecular complexity index is 505. The van der Waals surface area contributed by atoms with Crippen LogP contribution in [0.4, 0.5) is 0 Å². The second-order valence-corrected chi connectivity index (χ2v) is 5.57. The average molecular weight is 272 g/mol. The van der Waals surface area contributed by atoms with Crippen LogP contribution in [0, 0.1) is 0 Å². The molecule has 1 unspecified atom stereocenters. The zero-order valence-electron chi connectivity index (χ0n) is 8.71. The van der Waals surface area contributed by atoms with Gasteiger partial charge in [-0.05, 0) is 36.1 Å². The highest BCUT2D eigenvalue weighted by Gasteiger charge is 2.27. The summed E-state index contributed by atoms with van der Waals surface area (Å²) in [6.07, 6.45) is 0. The minimum Gasteiger partial charge on any atom is -0.317 e. The number of nitrogens with two attached hydrogens (primary N) is 1. The molecule has 16 heavy (non-hydrogen) atoms. The van der Waals surface area contributed by atoms with E-state index in [1.165, 1.54) is 0 Å². The molecule has 0 aliphatic heterocycles. The van der Waals surface area contributed by atoms with Crippen molar-refractivity contribution in [3.63, 3.8) is 0 Å². The lowest BCUT2D eigenvalue weighted by atomic mass is 9.91. The fourth-order valence-electron chi connectivity index (χ4n) is 1.61. The number of benzene rings is 1. The van der Waals surface area contributed by atoms with E-state index in [1.807, 2.05) is 42.6 Å². The number of rotatable bonds is 2. The maximum Gasteiger partial charge on any atom is 0.0746 e. The van der Waals surface area contributed by atoms with Crippen LogP contribution in [0.15, 0.2) is 35.7 Å². The third-order valence-electron chi connectivity index (χ3n) is 2.51. The summed E-state index contributed by atoms with van der Waals surface area (Å²) >= 11 is 13.6. The van der Waals surface area contributed by atoms with Crippen LogP contribution < -0.4 is 5.73 Å². The Morgan fingerprint density at radius 1 is 1.25 bits per heavy atom. The maximum atomic E-state index is 6.34. The molecule has 0 spiro atoms. The van der Waals surface area contributed by atoms with Gasteiger partial charge in [0.15, 0.2) is 0 Å². The van der Waals surface area contributed by atoms with Crippen LogP contribution >= 0.6 is 34.5 Å². The van der Waals surface area contributed by atoms with Gasteiger partial charge in [-0.3, -0.25) is 0 Å². The molecule has 0 fully saturated rings. The third kappa shape index (κ3) is 2.11. The highest BCUT2D eigenvalue weighted by Crippen LogP contribution is 2.36. The third-order valence-corrected chi connectivity index (χ3v) is 4.33. The minimum absolute atomic E-state index is 0.601. The predicted molar refractivity (Wildman–Crippen MR) is 71.4 cm³/mol. The van der Waals surface area contributed by atoms with Gasteiger partial charge in [-0.25, -0.2) is 0 Å². The van der Waals surface area contributed by atoms with Crippen molar-refractivity contribution >= 4 is 34.5 Å². The minimum atomic E-state index is -0.601.